The first-order chi connectivity index (χ1) is 8.67. The Kier molecular flexibility index (Phi) is 3.58. The molecule has 0 aliphatic carbocycles. The molecule has 94 valence electrons. The van der Waals surface area contributed by atoms with Crippen LogP contribution in [0.15, 0.2) is 24.5 Å². The molecule has 2 rings (SSSR count). The van der Waals surface area contributed by atoms with Crippen molar-refractivity contribution < 1.29 is 9.18 Å². The Bertz CT molecular complexity index is 538. The number of rotatable bonds is 4. The van der Waals surface area contributed by atoms with Crippen LogP contribution in [0.25, 0.3) is 0 Å². The lowest BCUT2D eigenvalue weighted by atomic mass is 10.4. The minimum Gasteiger partial charge on any atom is -0.325 e. The molecule has 0 bridgehead atoms. The van der Waals surface area contributed by atoms with Gasteiger partial charge in [-0.3, -0.25) is 4.79 Å². The van der Waals surface area contributed by atoms with E-state index in [0.717, 1.165) is 6.07 Å². The quantitative estimate of drug-likeness (QED) is 0.739. The van der Waals surface area contributed by atoms with E-state index < -0.39 is 5.95 Å². The number of halogens is 1. The Hall–Kier alpha value is -2.35. The standard InChI is InChI=1S/C10H11FN6O/c11-9-2-1-7(4-13-9)14-10(18)6-17-5-8(3-12)15-16-17/h1-2,4-5H,3,6,12H2,(H,14,18). The number of nitrogens with zero attached hydrogens (tertiary/aromatic N) is 4. The van der Waals surface area contributed by atoms with Gasteiger partial charge < -0.3 is 11.1 Å². The van der Waals surface area contributed by atoms with Gasteiger partial charge >= 0.3 is 0 Å². The Morgan fingerprint density at radius 2 is 2.33 bits per heavy atom. The summed E-state index contributed by atoms with van der Waals surface area (Å²) in [5, 5.41) is 10.0. The van der Waals surface area contributed by atoms with Crippen LogP contribution < -0.4 is 11.1 Å². The van der Waals surface area contributed by atoms with E-state index in [-0.39, 0.29) is 19.0 Å². The van der Waals surface area contributed by atoms with Crippen LogP contribution in [0, 0.1) is 5.95 Å². The number of hydrogen-bond acceptors (Lipinski definition) is 5. The van der Waals surface area contributed by atoms with Crippen molar-refractivity contribution in [3.05, 3.63) is 36.2 Å². The maximum Gasteiger partial charge on any atom is 0.246 e. The number of carbonyl (C=O) groups excluding carboxylic acids is 1. The molecule has 2 aromatic heterocycles. The van der Waals surface area contributed by atoms with Crippen molar-refractivity contribution in [1.82, 2.24) is 20.0 Å². The fourth-order valence-electron chi connectivity index (χ4n) is 1.31. The van der Waals surface area contributed by atoms with E-state index >= 15 is 0 Å². The Labute approximate surface area is 102 Å². The number of carbonyl (C=O) groups is 1. The number of amides is 1. The summed E-state index contributed by atoms with van der Waals surface area (Å²) in [5.41, 5.74) is 6.39. The minimum absolute atomic E-state index is 0.00434. The molecule has 0 aromatic carbocycles. The van der Waals surface area contributed by atoms with Crippen LogP contribution in [0.5, 0.6) is 0 Å². The molecule has 7 nitrogen and oxygen atoms in total. The second-order valence-corrected chi connectivity index (χ2v) is 3.53. The highest BCUT2D eigenvalue weighted by molar-refractivity contribution is 5.90. The summed E-state index contributed by atoms with van der Waals surface area (Å²) < 4.78 is 13.9. The van der Waals surface area contributed by atoms with Crippen LogP contribution in [0.2, 0.25) is 0 Å². The fourth-order valence-corrected chi connectivity index (χ4v) is 1.31. The Balaban J connectivity index is 1.94. The number of hydrogen-bond donors (Lipinski definition) is 2. The number of anilines is 1. The smallest absolute Gasteiger partial charge is 0.246 e. The third-order valence-electron chi connectivity index (χ3n) is 2.11. The molecule has 3 N–H and O–H groups in total. The van der Waals surface area contributed by atoms with E-state index in [1.807, 2.05) is 0 Å². The molecule has 0 saturated heterocycles. The molecule has 0 spiro atoms. The maximum absolute atomic E-state index is 12.6. The number of aromatic nitrogens is 4. The average molecular weight is 250 g/mol. The van der Waals surface area contributed by atoms with Crippen LogP contribution in [0.4, 0.5) is 10.1 Å². The first-order valence-electron chi connectivity index (χ1n) is 5.18. The molecule has 0 unspecified atom stereocenters. The van der Waals surface area contributed by atoms with Crippen molar-refractivity contribution in [2.45, 2.75) is 13.1 Å². The third-order valence-corrected chi connectivity index (χ3v) is 2.11. The van der Waals surface area contributed by atoms with Crippen molar-refractivity contribution in [3.8, 4) is 0 Å². The van der Waals surface area contributed by atoms with Gasteiger partial charge in [0.15, 0.2) is 0 Å². The molecule has 0 aliphatic rings. The number of nitrogens with two attached hydrogens (primary N) is 1. The van der Waals surface area contributed by atoms with Gasteiger partial charge in [0, 0.05) is 6.54 Å². The molecule has 2 aromatic rings. The van der Waals surface area contributed by atoms with Crippen molar-refractivity contribution in [2.24, 2.45) is 5.73 Å². The lowest BCUT2D eigenvalue weighted by molar-refractivity contribution is -0.116. The van der Waals surface area contributed by atoms with Gasteiger partial charge in [-0.2, -0.15) is 4.39 Å². The summed E-state index contributed by atoms with van der Waals surface area (Å²) in [4.78, 5) is 15.0. The molecule has 2 heterocycles. The van der Waals surface area contributed by atoms with Gasteiger partial charge in [0.25, 0.3) is 0 Å². The summed E-state index contributed by atoms with van der Waals surface area (Å²) in [6.45, 7) is 0.272. The monoisotopic (exact) mass is 250 g/mol. The van der Waals surface area contributed by atoms with Gasteiger partial charge in [-0.15, -0.1) is 5.10 Å². The van der Waals surface area contributed by atoms with Gasteiger partial charge in [-0.05, 0) is 12.1 Å². The largest absolute Gasteiger partial charge is 0.325 e. The summed E-state index contributed by atoms with van der Waals surface area (Å²) in [5.74, 6) is -0.909. The molecule has 1 amide bonds. The molecule has 0 aliphatic heterocycles. The van der Waals surface area contributed by atoms with Crippen LogP contribution in [-0.4, -0.2) is 25.9 Å². The van der Waals surface area contributed by atoms with Crippen LogP contribution in [0.1, 0.15) is 5.69 Å². The molecule has 0 fully saturated rings. The fraction of sp³-hybridized carbons (Fsp3) is 0.200. The zero-order valence-electron chi connectivity index (χ0n) is 9.38. The van der Waals surface area contributed by atoms with Crippen LogP contribution in [0.3, 0.4) is 0 Å². The van der Waals surface area contributed by atoms with E-state index in [0.29, 0.717) is 11.4 Å². The van der Waals surface area contributed by atoms with E-state index in [4.69, 9.17) is 5.73 Å². The SMILES string of the molecule is NCc1cn(CC(=O)Nc2ccc(F)nc2)nn1. The van der Waals surface area contributed by atoms with Gasteiger partial charge in [0.1, 0.15) is 6.54 Å². The molecule has 0 saturated carbocycles. The highest BCUT2D eigenvalue weighted by Crippen LogP contribution is 2.05. The van der Waals surface area contributed by atoms with Gasteiger partial charge in [0.05, 0.1) is 23.8 Å². The summed E-state index contributed by atoms with van der Waals surface area (Å²) >= 11 is 0. The number of pyridine rings is 1. The zero-order valence-corrected chi connectivity index (χ0v) is 9.38. The predicted molar refractivity (Wildman–Crippen MR) is 60.7 cm³/mol. The van der Waals surface area contributed by atoms with E-state index in [1.165, 1.54) is 16.9 Å². The van der Waals surface area contributed by atoms with Crippen molar-refractivity contribution in [3.63, 3.8) is 0 Å². The third kappa shape index (κ3) is 3.08. The van der Waals surface area contributed by atoms with Crippen LogP contribution in [-0.2, 0) is 17.9 Å². The van der Waals surface area contributed by atoms with Crippen molar-refractivity contribution in [1.29, 1.82) is 0 Å². The van der Waals surface area contributed by atoms with Gasteiger partial charge in [-0.25, -0.2) is 9.67 Å². The highest BCUT2D eigenvalue weighted by Gasteiger charge is 2.06. The van der Waals surface area contributed by atoms with Crippen molar-refractivity contribution >= 4 is 11.6 Å². The molecule has 8 heteroatoms. The topological polar surface area (TPSA) is 98.7 Å². The number of nitrogens with one attached hydrogen (secondary N) is 1. The van der Waals surface area contributed by atoms with Crippen molar-refractivity contribution in [2.75, 3.05) is 5.32 Å². The van der Waals surface area contributed by atoms with E-state index in [1.54, 1.807) is 6.20 Å². The second-order valence-electron chi connectivity index (χ2n) is 3.53. The first-order valence-corrected chi connectivity index (χ1v) is 5.18. The maximum atomic E-state index is 12.6. The zero-order chi connectivity index (χ0) is 13.0. The Morgan fingerprint density at radius 1 is 1.50 bits per heavy atom. The molecule has 18 heavy (non-hydrogen) atoms. The summed E-state index contributed by atoms with van der Waals surface area (Å²) in [6.07, 6.45) is 2.82. The second kappa shape index (κ2) is 5.32. The normalized spacial score (nSPS) is 10.3. The Morgan fingerprint density at radius 3 is 2.94 bits per heavy atom. The lowest BCUT2D eigenvalue weighted by Gasteiger charge is -2.03. The highest BCUT2D eigenvalue weighted by atomic mass is 19.1. The molecular weight excluding hydrogens is 239 g/mol. The molecular formula is C10H11FN6O. The average Bonchev–Trinajstić information content (AvgIpc) is 2.79. The van der Waals surface area contributed by atoms with Gasteiger partial charge in [0.2, 0.25) is 11.9 Å². The van der Waals surface area contributed by atoms with Crippen LogP contribution >= 0.6 is 0 Å². The molecule has 0 atom stereocenters. The van der Waals surface area contributed by atoms with E-state index in [9.17, 15) is 9.18 Å². The van der Waals surface area contributed by atoms with E-state index in [2.05, 4.69) is 20.6 Å². The lowest BCUT2D eigenvalue weighted by Crippen LogP contribution is -2.19. The predicted octanol–water partition coefficient (Wildman–Crippen LogP) is -0.0904. The van der Waals surface area contributed by atoms with Gasteiger partial charge in [-0.1, -0.05) is 5.21 Å². The molecule has 0 radical (unpaired) electrons. The summed E-state index contributed by atoms with van der Waals surface area (Å²) in [7, 11) is 0. The first kappa shape index (κ1) is 12.1. The summed E-state index contributed by atoms with van der Waals surface area (Å²) in [6, 6.07) is 2.59. The minimum atomic E-state index is -0.600.